The summed E-state index contributed by atoms with van der Waals surface area (Å²) in [7, 11) is 0. The number of nitrogens with zero attached hydrogens (tertiary/aromatic N) is 1. The van der Waals surface area contributed by atoms with Crippen molar-refractivity contribution in [1.82, 2.24) is 4.57 Å². The Labute approximate surface area is 124 Å². The van der Waals surface area contributed by atoms with Gasteiger partial charge in [0, 0.05) is 22.9 Å². The molecule has 0 atom stereocenters. The van der Waals surface area contributed by atoms with Crippen LogP contribution in [0.3, 0.4) is 0 Å². The lowest BCUT2D eigenvalue weighted by Crippen LogP contribution is -2.15. The number of para-hydroxylation sites is 2. The van der Waals surface area contributed by atoms with Crippen molar-refractivity contribution in [2.24, 2.45) is 0 Å². The number of aromatic nitrogens is 1. The van der Waals surface area contributed by atoms with Gasteiger partial charge in [-0.25, -0.2) is 9.18 Å². The fraction of sp³-hybridized carbons (Fsp3) is 0.133. The van der Waals surface area contributed by atoms with Gasteiger partial charge in [-0.05, 0) is 30.3 Å². The van der Waals surface area contributed by atoms with Crippen LogP contribution in [-0.4, -0.2) is 10.3 Å². The van der Waals surface area contributed by atoms with Gasteiger partial charge in [0.25, 0.3) is 0 Å². The summed E-state index contributed by atoms with van der Waals surface area (Å²) >= 11 is 1.41. The van der Waals surface area contributed by atoms with Crippen molar-refractivity contribution in [2.45, 2.75) is 11.4 Å². The first-order valence-corrected chi connectivity index (χ1v) is 7.40. The standard InChI is InChI=1S/C15H13FN2O2S/c16-10-5-6-11(17)14(9-10)21-8-7-18-12-3-1-2-4-13(12)20-15(18)19/h1-6,9H,7-8,17H2. The van der Waals surface area contributed by atoms with Crippen LogP contribution in [0.5, 0.6) is 0 Å². The first kappa shape index (κ1) is 13.8. The van der Waals surface area contributed by atoms with Crippen molar-refractivity contribution < 1.29 is 8.81 Å². The van der Waals surface area contributed by atoms with Crippen LogP contribution in [0.1, 0.15) is 0 Å². The molecule has 0 fully saturated rings. The van der Waals surface area contributed by atoms with E-state index in [0.717, 1.165) is 5.52 Å². The number of anilines is 1. The molecule has 3 rings (SSSR count). The highest BCUT2D eigenvalue weighted by Crippen LogP contribution is 2.26. The van der Waals surface area contributed by atoms with Gasteiger partial charge in [0.05, 0.1) is 5.52 Å². The van der Waals surface area contributed by atoms with E-state index in [4.69, 9.17) is 10.2 Å². The summed E-state index contributed by atoms with van der Waals surface area (Å²) in [6.07, 6.45) is 0. The Bertz CT molecular complexity index is 841. The summed E-state index contributed by atoms with van der Waals surface area (Å²) in [5.74, 6) is -0.112. The molecular formula is C15H13FN2O2S. The number of fused-ring (bicyclic) bond motifs is 1. The number of nitrogens with two attached hydrogens (primary N) is 1. The second kappa shape index (κ2) is 5.65. The first-order chi connectivity index (χ1) is 10.1. The van der Waals surface area contributed by atoms with Crippen LogP contribution in [-0.2, 0) is 6.54 Å². The Hall–Kier alpha value is -2.21. The lowest BCUT2D eigenvalue weighted by atomic mass is 10.3. The highest BCUT2D eigenvalue weighted by atomic mass is 32.2. The molecule has 0 radical (unpaired) electrons. The number of halogens is 1. The molecule has 0 amide bonds. The third-order valence-electron chi connectivity index (χ3n) is 3.12. The lowest BCUT2D eigenvalue weighted by Gasteiger charge is -2.06. The van der Waals surface area contributed by atoms with Gasteiger partial charge >= 0.3 is 5.76 Å². The summed E-state index contributed by atoms with van der Waals surface area (Å²) < 4.78 is 19.9. The van der Waals surface area contributed by atoms with E-state index < -0.39 is 0 Å². The minimum atomic E-state index is -0.385. The van der Waals surface area contributed by atoms with E-state index in [2.05, 4.69) is 0 Å². The second-order valence-electron chi connectivity index (χ2n) is 4.52. The number of aryl methyl sites for hydroxylation is 1. The molecule has 108 valence electrons. The van der Waals surface area contributed by atoms with Crippen LogP contribution in [0.4, 0.5) is 10.1 Å². The largest absolute Gasteiger partial charge is 0.419 e. The Morgan fingerprint density at radius 2 is 2.05 bits per heavy atom. The van der Waals surface area contributed by atoms with E-state index in [0.29, 0.717) is 28.5 Å². The zero-order valence-electron chi connectivity index (χ0n) is 11.1. The van der Waals surface area contributed by atoms with Gasteiger partial charge in [0.15, 0.2) is 5.58 Å². The number of nitrogen functional groups attached to an aromatic ring is 1. The van der Waals surface area contributed by atoms with Gasteiger partial charge in [-0.2, -0.15) is 0 Å². The molecule has 2 N–H and O–H groups in total. The van der Waals surface area contributed by atoms with Crippen LogP contribution in [0.25, 0.3) is 11.1 Å². The average Bonchev–Trinajstić information content (AvgIpc) is 2.79. The Kier molecular flexibility index (Phi) is 3.70. The summed E-state index contributed by atoms with van der Waals surface area (Å²) in [6.45, 7) is 0.469. The van der Waals surface area contributed by atoms with E-state index in [9.17, 15) is 9.18 Å². The normalized spacial score (nSPS) is 11.1. The van der Waals surface area contributed by atoms with E-state index >= 15 is 0 Å². The number of rotatable bonds is 4. The molecular weight excluding hydrogens is 291 g/mol. The van der Waals surface area contributed by atoms with Gasteiger partial charge in [0.1, 0.15) is 5.82 Å². The Morgan fingerprint density at radius 3 is 2.90 bits per heavy atom. The molecule has 0 aliphatic heterocycles. The fourth-order valence-electron chi connectivity index (χ4n) is 2.11. The number of hydrogen-bond acceptors (Lipinski definition) is 4. The van der Waals surface area contributed by atoms with Gasteiger partial charge < -0.3 is 10.2 Å². The SMILES string of the molecule is Nc1ccc(F)cc1SCCn1c(=O)oc2ccccc21. The predicted molar refractivity (Wildman–Crippen MR) is 82.0 cm³/mol. The van der Waals surface area contributed by atoms with Gasteiger partial charge in [0.2, 0.25) is 0 Å². The van der Waals surface area contributed by atoms with E-state index in [1.807, 2.05) is 18.2 Å². The third kappa shape index (κ3) is 2.80. The molecule has 3 aromatic rings. The Balaban J connectivity index is 1.77. The highest BCUT2D eigenvalue weighted by molar-refractivity contribution is 7.99. The van der Waals surface area contributed by atoms with Crippen LogP contribution in [0.15, 0.2) is 56.6 Å². The molecule has 0 aliphatic rings. The molecule has 2 aromatic carbocycles. The van der Waals surface area contributed by atoms with E-state index in [1.165, 1.54) is 30.0 Å². The molecule has 0 aliphatic carbocycles. The zero-order valence-corrected chi connectivity index (χ0v) is 11.9. The second-order valence-corrected chi connectivity index (χ2v) is 5.65. The monoisotopic (exact) mass is 304 g/mol. The molecule has 6 heteroatoms. The summed E-state index contributed by atoms with van der Waals surface area (Å²) in [4.78, 5) is 12.5. The van der Waals surface area contributed by atoms with Crippen LogP contribution in [0.2, 0.25) is 0 Å². The molecule has 0 bridgehead atoms. The number of thioether (sulfide) groups is 1. The van der Waals surface area contributed by atoms with Crippen molar-refractivity contribution in [1.29, 1.82) is 0 Å². The van der Waals surface area contributed by atoms with Crippen LogP contribution in [0, 0.1) is 5.82 Å². The maximum Gasteiger partial charge on any atom is 0.419 e. The smallest absolute Gasteiger partial charge is 0.408 e. The van der Waals surface area contributed by atoms with E-state index in [-0.39, 0.29) is 11.6 Å². The summed E-state index contributed by atoms with van der Waals surface area (Å²) in [6, 6.07) is 11.5. The first-order valence-electron chi connectivity index (χ1n) is 6.41. The maximum absolute atomic E-state index is 13.2. The summed E-state index contributed by atoms with van der Waals surface area (Å²) in [5.41, 5.74) is 7.65. The molecule has 4 nitrogen and oxygen atoms in total. The Morgan fingerprint density at radius 1 is 1.24 bits per heavy atom. The number of oxazole rings is 1. The van der Waals surface area contributed by atoms with Crippen molar-refractivity contribution in [2.75, 3.05) is 11.5 Å². The molecule has 1 heterocycles. The number of benzene rings is 2. The number of hydrogen-bond donors (Lipinski definition) is 1. The van der Waals surface area contributed by atoms with Gasteiger partial charge in [-0.3, -0.25) is 4.57 Å². The van der Waals surface area contributed by atoms with E-state index in [1.54, 1.807) is 10.6 Å². The quantitative estimate of drug-likeness (QED) is 0.594. The maximum atomic E-state index is 13.2. The van der Waals surface area contributed by atoms with Crippen molar-refractivity contribution in [3.8, 4) is 0 Å². The van der Waals surface area contributed by atoms with Gasteiger partial charge in [-0.15, -0.1) is 11.8 Å². The zero-order chi connectivity index (χ0) is 14.8. The van der Waals surface area contributed by atoms with Crippen molar-refractivity contribution >= 4 is 28.5 Å². The summed E-state index contributed by atoms with van der Waals surface area (Å²) in [5, 5.41) is 0. The third-order valence-corrected chi connectivity index (χ3v) is 4.17. The predicted octanol–water partition coefficient (Wildman–Crippen LogP) is 3.11. The van der Waals surface area contributed by atoms with Crippen molar-refractivity contribution in [3.05, 3.63) is 58.8 Å². The minimum Gasteiger partial charge on any atom is -0.408 e. The molecule has 0 unspecified atom stereocenters. The minimum absolute atomic E-state index is 0.322. The van der Waals surface area contributed by atoms with Crippen molar-refractivity contribution in [3.63, 3.8) is 0 Å². The van der Waals surface area contributed by atoms with Crippen LogP contribution < -0.4 is 11.5 Å². The fourth-order valence-corrected chi connectivity index (χ4v) is 3.03. The lowest BCUT2D eigenvalue weighted by molar-refractivity contribution is 0.514. The molecule has 0 spiro atoms. The average molecular weight is 304 g/mol. The molecule has 0 saturated heterocycles. The molecule has 21 heavy (non-hydrogen) atoms. The van der Waals surface area contributed by atoms with Crippen LogP contribution >= 0.6 is 11.8 Å². The highest BCUT2D eigenvalue weighted by Gasteiger charge is 2.09. The topological polar surface area (TPSA) is 61.2 Å². The molecule has 0 saturated carbocycles. The molecule has 1 aromatic heterocycles. The van der Waals surface area contributed by atoms with Gasteiger partial charge in [-0.1, -0.05) is 12.1 Å².